The fourth-order valence-corrected chi connectivity index (χ4v) is 7.23. The molecule has 6 atom stereocenters. The van der Waals surface area contributed by atoms with Gasteiger partial charge in [-0.2, -0.15) is 0 Å². The normalized spacial score (nSPS) is 47.5. The summed E-state index contributed by atoms with van der Waals surface area (Å²) in [4.78, 5) is 24.2. The van der Waals surface area contributed by atoms with Crippen LogP contribution in [0.5, 0.6) is 0 Å². The van der Waals surface area contributed by atoms with Crippen LogP contribution in [0.15, 0.2) is 23.8 Å². The quantitative estimate of drug-likeness (QED) is 0.687. The minimum Gasteiger partial charge on any atom is -0.300 e. The molecule has 0 aliphatic heterocycles. The number of allylic oxidation sites excluding steroid dienone is 2. The molecule has 0 spiro atoms. The van der Waals surface area contributed by atoms with E-state index in [-0.39, 0.29) is 22.5 Å². The van der Waals surface area contributed by atoms with Crippen LogP contribution in [0.1, 0.15) is 65.7 Å². The summed E-state index contributed by atoms with van der Waals surface area (Å²) in [6.45, 7) is 10.9. The summed E-state index contributed by atoms with van der Waals surface area (Å²) in [7, 11) is 0. The molecule has 0 saturated heterocycles. The Labute approximate surface area is 145 Å². The molecule has 4 aliphatic rings. The van der Waals surface area contributed by atoms with E-state index in [2.05, 4.69) is 20.4 Å². The van der Waals surface area contributed by atoms with Gasteiger partial charge in [-0.05, 0) is 85.7 Å². The van der Waals surface area contributed by atoms with E-state index in [9.17, 15) is 9.59 Å². The molecule has 24 heavy (non-hydrogen) atoms. The summed E-state index contributed by atoms with van der Waals surface area (Å²) in [5.41, 5.74) is 2.77. The Kier molecular flexibility index (Phi) is 3.50. The molecular weight excluding hydrogens is 296 g/mol. The van der Waals surface area contributed by atoms with Gasteiger partial charge in [-0.3, -0.25) is 9.59 Å². The summed E-state index contributed by atoms with van der Waals surface area (Å²) in [6.07, 6.45) is 9.26. The molecule has 4 rings (SSSR count). The molecule has 0 aromatic heterocycles. The predicted octanol–water partition coefficient (Wildman–Crippen LogP) is 4.89. The maximum Gasteiger partial charge on any atom is 0.156 e. The number of carbonyl (C=O) groups excluding carboxylic acids is 2. The number of hydrogen-bond donors (Lipinski definition) is 0. The van der Waals surface area contributed by atoms with E-state index in [0.717, 1.165) is 19.3 Å². The van der Waals surface area contributed by atoms with Crippen molar-refractivity contribution >= 4 is 11.6 Å². The topological polar surface area (TPSA) is 34.1 Å². The van der Waals surface area contributed by atoms with E-state index in [4.69, 9.17) is 0 Å². The van der Waals surface area contributed by atoms with Crippen molar-refractivity contribution in [1.82, 2.24) is 0 Å². The zero-order chi connectivity index (χ0) is 17.3. The third-order valence-electron chi connectivity index (χ3n) is 8.42. The van der Waals surface area contributed by atoms with Gasteiger partial charge in [-0.15, -0.1) is 0 Å². The van der Waals surface area contributed by atoms with E-state index < -0.39 is 0 Å². The maximum atomic E-state index is 12.2. The van der Waals surface area contributed by atoms with Crippen molar-refractivity contribution in [2.45, 2.75) is 65.7 Å². The molecule has 0 unspecified atom stereocenters. The van der Waals surface area contributed by atoms with Gasteiger partial charge in [-0.25, -0.2) is 0 Å². The molecule has 3 saturated carbocycles. The molecule has 0 amide bonds. The highest BCUT2D eigenvalue weighted by Crippen LogP contribution is 2.67. The highest BCUT2D eigenvalue weighted by atomic mass is 16.1. The molecule has 4 aliphatic carbocycles. The monoisotopic (exact) mass is 326 g/mol. The van der Waals surface area contributed by atoms with E-state index >= 15 is 0 Å². The molecule has 0 N–H and O–H groups in total. The average molecular weight is 326 g/mol. The first-order valence-electron chi connectivity index (χ1n) is 9.71. The highest BCUT2D eigenvalue weighted by molar-refractivity contribution is 5.92. The van der Waals surface area contributed by atoms with Crippen molar-refractivity contribution in [2.24, 2.45) is 34.5 Å². The Balaban J connectivity index is 1.72. The van der Waals surface area contributed by atoms with E-state index in [1.807, 2.05) is 6.08 Å². The van der Waals surface area contributed by atoms with Crippen LogP contribution in [0, 0.1) is 34.5 Å². The van der Waals surface area contributed by atoms with Crippen LogP contribution in [0.2, 0.25) is 0 Å². The van der Waals surface area contributed by atoms with Crippen LogP contribution in [0.3, 0.4) is 0 Å². The Morgan fingerprint density at radius 1 is 1.17 bits per heavy atom. The van der Waals surface area contributed by atoms with Gasteiger partial charge < -0.3 is 0 Å². The van der Waals surface area contributed by atoms with Crippen molar-refractivity contribution in [1.29, 1.82) is 0 Å². The molecular formula is C22H30O2. The number of rotatable bonds is 1. The standard InChI is InChI=1S/C22H30O2/c1-13-11-16-18-6-5-17(14(2)23)21(18,3)10-8-19(16)22(4)9-7-15(24)12-20(13)22/h12,16-19H,1,5-11H2,2-4H3/t16-,17+,18-,19-,21+,22+/m0/s1. The van der Waals surface area contributed by atoms with Gasteiger partial charge in [0.05, 0.1) is 0 Å². The second kappa shape index (κ2) is 5.16. The second-order valence-corrected chi connectivity index (χ2v) is 9.41. The second-order valence-electron chi connectivity index (χ2n) is 9.41. The molecule has 130 valence electrons. The smallest absolute Gasteiger partial charge is 0.156 e. The van der Waals surface area contributed by atoms with Gasteiger partial charge in [0.2, 0.25) is 0 Å². The Hall–Kier alpha value is -1.18. The van der Waals surface area contributed by atoms with Crippen molar-refractivity contribution in [3.05, 3.63) is 23.8 Å². The number of carbonyl (C=O) groups is 2. The van der Waals surface area contributed by atoms with Gasteiger partial charge >= 0.3 is 0 Å². The third-order valence-corrected chi connectivity index (χ3v) is 8.42. The lowest BCUT2D eigenvalue weighted by atomic mass is 9.46. The maximum absolute atomic E-state index is 12.2. The van der Waals surface area contributed by atoms with Crippen LogP contribution in [-0.2, 0) is 9.59 Å². The number of Topliss-reactive ketones (excluding diaryl/α,β-unsaturated/α-hetero) is 1. The predicted molar refractivity (Wildman–Crippen MR) is 95.4 cm³/mol. The van der Waals surface area contributed by atoms with Gasteiger partial charge in [0.25, 0.3) is 0 Å². The zero-order valence-electron chi connectivity index (χ0n) is 15.4. The third kappa shape index (κ3) is 2.01. The van der Waals surface area contributed by atoms with Crippen LogP contribution >= 0.6 is 0 Å². The number of ketones is 2. The Morgan fingerprint density at radius 2 is 1.92 bits per heavy atom. The molecule has 2 heteroatoms. The number of hydrogen-bond acceptors (Lipinski definition) is 2. The van der Waals surface area contributed by atoms with Crippen molar-refractivity contribution < 1.29 is 9.59 Å². The van der Waals surface area contributed by atoms with Gasteiger partial charge in [-0.1, -0.05) is 26.0 Å². The summed E-state index contributed by atoms with van der Waals surface area (Å²) in [5.74, 6) is 2.89. The minimum atomic E-state index is 0.129. The molecule has 0 aromatic carbocycles. The lowest BCUT2D eigenvalue weighted by molar-refractivity contribution is -0.128. The largest absolute Gasteiger partial charge is 0.300 e. The molecule has 3 fully saturated rings. The summed E-state index contributed by atoms with van der Waals surface area (Å²) in [5, 5.41) is 0. The Bertz CT molecular complexity index is 657. The van der Waals surface area contributed by atoms with Crippen molar-refractivity contribution in [2.75, 3.05) is 0 Å². The highest BCUT2D eigenvalue weighted by Gasteiger charge is 2.60. The summed E-state index contributed by atoms with van der Waals surface area (Å²) < 4.78 is 0. The van der Waals surface area contributed by atoms with Crippen molar-refractivity contribution in [3.8, 4) is 0 Å². The van der Waals surface area contributed by atoms with E-state index in [1.165, 1.54) is 30.4 Å². The lowest BCUT2D eigenvalue weighted by Crippen LogP contribution is -2.51. The van der Waals surface area contributed by atoms with Crippen LogP contribution in [0.25, 0.3) is 0 Å². The van der Waals surface area contributed by atoms with E-state index in [0.29, 0.717) is 30.0 Å². The molecule has 0 radical (unpaired) electrons. The lowest BCUT2D eigenvalue weighted by Gasteiger charge is -2.58. The van der Waals surface area contributed by atoms with Gasteiger partial charge in [0.15, 0.2) is 5.78 Å². The van der Waals surface area contributed by atoms with Crippen LogP contribution in [0.4, 0.5) is 0 Å². The first-order chi connectivity index (χ1) is 11.3. The average Bonchev–Trinajstić information content (AvgIpc) is 2.87. The van der Waals surface area contributed by atoms with Crippen molar-refractivity contribution in [3.63, 3.8) is 0 Å². The zero-order valence-corrected chi connectivity index (χ0v) is 15.4. The Morgan fingerprint density at radius 3 is 2.62 bits per heavy atom. The minimum absolute atomic E-state index is 0.129. The van der Waals surface area contributed by atoms with Gasteiger partial charge in [0, 0.05) is 12.3 Å². The molecule has 0 heterocycles. The number of fused-ring (bicyclic) bond motifs is 5. The molecule has 2 nitrogen and oxygen atoms in total. The summed E-state index contributed by atoms with van der Waals surface area (Å²) in [6, 6.07) is 0. The van der Waals surface area contributed by atoms with Crippen LogP contribution < -0.4 is 0 Å². The van der Waals surface area contributed by atoms with E-state index in [1.54, 1.807) is 6.92 Å². The first kappa shape index (κ1) is 16.3. The summed E-state index contributed by atoms with van der Waals surface area (Å²) >= 11 is 0. The molecule has 0 aromatic rings. The fraction of sp³-hybridized carbons (Fsp3) is 0.727. The fourth-order valence-electron chi connectivity index (χ4n) is 7.23. The van der Waals surface area contributed by atoms with Crippen LogP contribution in [-0.4, -0.2) is 11.6 Å². The molecule has 0 bridgehead atoms. The SMILES string of the molecule is C=C1C[C@H]2[C@@H]3CC[C@H](C(C)=O)[C@@]3(C)CC[C@@H]2[C@@]2(C)CCC(=O)C=C12. The first-order valence-corrected chi connectivity index (χ1v) is 9.71. The van der Waals surface area contributed by atoms with Gasteiger partial charge in [0.1, 0.15) is 5.78 Å².